The normalized spacial score (nSPS) is 13.9. The first-order chi connectivity index (χ1) is 12.7. The maximum atomic E-state index is 13.4. The van der Waals surface area contributed by atoms with E-state index in [0.717, 1.165) is 18.3 Å². The van der Waals surface area contributed by atoms with Crippen molar-refractivity contribution in [3.63, 3.8) is 0 Å². The van der Waals surface area contributed by atoms with Crippen molar-refractivity contribution in [1.82, 2.24) is 4.98 Å². The molecule has 0 fully saturated rings. The third kappa shape index (κ3) is 4.86. The first-order valence-corrected chi connectivity index (χ1v) is 8.95. The number of nitriles is 1. The van der Waals surface area contributed by atoms with Crippen molar-refractivity contribution in [3.8, 4) is 6.07 Å². The highest BCUT2D eigenvalue weighted by atomic mass is 32.1. The number of rotatable bonds is 6. The van der Waals surface area contributed by atoms with E-state index < -0.39 is 11.9 Å². The summed E-state index contributed by atoms with van der Waals surface area (Å²) in [5, 5.41) is 19.2. The molecule has 7 heteroatoms. The molecule has 1 heterocycles. The quantitative estimate of drug-likeness (QED) is 0.516. The molecule has 0 aliphatic rings. The zero-order valence-corrected chi connectivity index (χ0v) is 15.8. The van der Waals surface area contributed by atoms with Gasteiger partial charge >= 0.3 is 5.97 Å². The zero-order valence-electron chi connectivity index (χ0n) is 15.0. The minimum absolute atomic E-state index is 0.0958. The van der Waals surface area contributed by atoms with Crippen LogP contribution in [0.3, 0.4) is 0 Å². The Morgan fingerprint density at radius 3 is 2.44 bits per heavy atom. The molecule has 1 N–H and O–H groups in total. The van der Waals surface area contributed by atoms with E-state index in [4.69, 9.17) is 5.11 Å². The second-order valence-corrected chi connectivity index (χ2v) is 7.08. The van der Waals surface area contributed by atoms with E-state index >= 15 is 0 Å². The van der Waals surface area contributed by atoms with Gasteiger partial charge < -0.3 is 5.11 Å². The van der Waals surface area contributed by atoms with E-state index in [1.165, 1.54) is 18.3 Å². The molecule has 2 aromatic rings. The Morgan fingerprint density at radius 2 is 2.00 bits per heavy atom. The number of hydrogen-bond acceptors (Lipinski definition) is 4. The molecule has 1 aromatic heterocycles. The van der Waals surface area contributed by atoms with Crippen LogP contribution in [0.1, 0.15) is 52.5 Å². The fraction of sp³-hybridized carbons (Fsp3) is 0.250. The van der Waals surface area contributed by atoms with E-state index in [1.807, 2.05) is 6.92 Å². The summed E-state index contributed by atoms with van der Waals surface area (Å²) < 4.78 is 26.8. The molecule has 1 atom stereocenters. The highest BCUT2D eigenvalue weighted by molar-refractivity contribution is 7.13. The van der Waals surface area contributed by atoms with E-state index in [0.29, 0.717) is 21.7 Å². The van der Waals surface area contributed by atoms with Gasteiger partial charge in [-0.3, -0.25) is 0 Å². The number of carboxylic acid groups (broad SMARTS) is 1. The van der Waals surface area contributed by atoms with E-state index in [1.54, 1.807) is 31.2 Å². The number of aromatic nitrogens is 1. The Bertz CT molecular complexity index is 932. The maximum absolute atomic E-state index is 13.4. The van der Waals surface area contributed by atoms with Crippen molar-refractivity contribution >= 4 is 22.9 Å². The summed E-state index contributed by atoms with van der Waals surface area (Å²) in [5.74, 6) is -4.24. The van der Waals surface area contributed by atoms with Gasteiger partial charge in [0.15, 0.2) is 0 Å². The van der Waals surface area contributed by atoms with Crippen molar-refractivity contribution in [1.29, 1.82) is 5.26 Å². The predicted molar refractivity (Wildman–Crippen MR) is 101 cm³/mol. The minimum atomic E-state index is -2.93. The van der Waals surface area contributed by atoms with Crippen molar-refractivity contribution < 1.29 is 18.7 Å². The van der Waals surface area contributed by atoms with Gasteiger partial charge in [-0.15, -0.1) is 11.3 Å². The number of halogens is 2. The lowest BCUT2D eigenvalue weighted by Gasteiger charge is -2.13. The standard InChI is InChI=1S/C20H18F2N2O2S/c1-4-16(13-5-7-15(8-6-13)20(3,21)22)14(10-23)9-12(2)18-24-11-17(27-18)19(25)26/h4-9,11-12H,1-3H3,(H,25,26)/b14-9-,16-4-. The van der Waals surface area contributed by atoms with Crippen molar-refractivity contribution in [3.05, 3.63) is 69.2 Å². The van der Waals surface area contributed by atoms with Gasteiger partial charge in [0.1, 0.15) is 4.88 Å². The Hall–Kier alpha value is -2.85. The van der Waals surface area contributed by atoms with Crippen LogP contribution in [0.2, 0.25) is 0 Å². The third-order valence-electron chi connectivity index (χ3n) is 3.94. The third-order valence-corrected chi connectivity index (χ3v) is 5.13. The van der Waals surface area contributed by atoms with Crippen molar-refractivity contribution in [2.45, 2.75) is 32.6 Å². The molecule has 1 unspecified atom stereocenters. The van der Waals surface area contributed by atoms with Gasteiger partial charge in [0.25, 0.3) is 5.92 Å². The summed E-state index contributed by atoms with van der Waals surface area (Å²) in [5.41, 5.74) is 1.54. The number of nitrogens with zero attached hydrogens (tertiary/aromatic N) is 2. The number of carbonyl (C=O) groups is 1. The summed E-state index contributed by atoms with van der Waals surface area (Å²) in [6.45, 7) is 4.41. The number of thiazole rings is 1. The van der Waals surface area contributed by atoms with Crippen LogP contribution >= 0.6 is 11.3 Å². The van der Waals surface area contributed by atoms with Crippen LogP contribution in [0, 0.1) is 11.3 Å². The molecule has 2 rings (SSSR count). The molecule has 140 valence electrons. The lowest BCUT2D eigenvalue weighted by molar-refractivity contribution is 0.0174. The molecule has 0 amide bonds. The van der Waals surface area contributed by atoms with Gasteiger partial charge in [-0.05, 0) is 18.1 Å². The van der Waals surface area contributed by atoms with Gasteiger partial charge in [0.2, 0.25) is 0 Å². The largest absolute Gasteiger partial charge is 0.477 e. The van der Waals surface area contributed by atoms with Crippen LogP contribution in [-0.2, 0) is 5.92 Å². The van der Waals surface area contributed by atoms with Gasteiger partial charge in [0.05, 0.1) is 22.8 Å². The Kier molecular flexibility index (Phi) is 6.24. The average molecular weight is 388 g/mol. The van der Waals surface area contributed by atoms with Gasteiger partial charge in [0, 0.05) is 18.4 Å². The molecule has 0 spiro atoms. The number of allylic oxidation sites excluding steroid dienone is 4. The Balaban J connectivity index is 2.34. The van der Waals surface area contributed by atoms with Crippen LogP contribution in [0.15, 0.2) is 48.2 Å². The van der Waals surface area contributed by atoms with Crippen molar-refractivity contribution in [2.24, 2.45) is 0 Å². The first-order valence-electron chi connectivity index (χ1n) is 8.13. The van der Waals surface area contributed by atoms with E-state index in [9.17, 15) is 18.8 Å². The van der Waals surface area contributed by atoms with Gasteiger partial charge in [-0.1, -0.05) is 43.3 Å². The van der Waals surface area contributed by atoms with Crippen molar-refractivity contribution in [2.75, 3.05) is 0 Å². The number of hydrogen-bond donors (Lipinski definition) is 1. The second-order valence-electron chi connectivity index (χ2n) is 6.02. The number of benzene rings is 1. The lowest BCUT2D eigenvalue weighted by Crippen LogP contribution is -2.06. The Morgan fingerprint density at radius 1 is 1.37 bits per heavy atom. The molecular formula is C20H18F2N2O2S. The van der Waals surface area contributed by atoms with Gasteiger partial charge in [-0.2, -0.15) is 5.26 Å². The predicted octanol–water partition coefficient (Wildman–Crippen LogP) is 5.61. The molecule has 0 bridgehead atoms. The molecule has 27 heavy (non-hydrogen) atoms. The van der Waals surface area contributed by atoms with E-state index in [2.05, 4.69) is 11.1 Å². The van der Waals surface area contributed by atoms with Crippen LogP contribution in [0.5, 0.6) is 0 Å². The molecule has 0 aliphatic carbocycles. The van der Waals surface area contributed by atoms with Gasteiger partial charge in [-0.25, -0.2) is 18.6 Å². The SMILES string of the molecule is C/C=C(\C(C#N)=C/C(C)c1ncc(C(=O)O)s1)c1ccc(C(C)(F)F)cc1. The fourth-order valence-electron chi connectivity index (χ4n) is 2.53. The first kappa shape index (κ1) is 20.5. The zero-order chi connectivity index (χ0) is 20.2. The fourth-order valence-corrected chi connectivity index (χ4v) is 3.30. The topological polar surface area (TPSA) is 74.0 Å². The molecule has 4 nitrogen and oxygen atoms in total. The Labute approximate surface area is 160 Å². The lowest BCUT2D eigenvalue weighted by atomic mass is 9.94. The highest BCUT2D eigenvalue weighted by Crippen LogP contribution is 2.31. The molecule has 0 saturated heterocycles. The maximum Gasteiger partial charge on any atom is 0.347 e. The summed E-state index contributed by atoms with van der Waals surface area (Å²) in [7, 11) is 0. The number of alkyl halides is 2. The molecule has 0 aliphatic heterocycles. The summed E-state index contributed by atoms with van der Waals surface area (Å²) >= 11 is 1.05. The summed E-state index contributed by atoms with van der Waals surface area (Å²) in [6, 6.07) is 7.94. The number of aromatic carboxylic acids is 1. The van der Waals surface area contributed by atoms with Crippen LogP contribution in [-0.4, -0.2) is 16.1 Å². The monoisotopic (exact) mass is 388 g/mol. The van der Waals surface area contributed by atoms with Crippen LogP contribution < -0.4 is 0 Å². The molecule has 0 saturated carbocycles. The molecular weight excluding hydrogens is 370 g/mol. The van der Waals surface area contributed by atoms with Crippen LogP contribution in [0.25, 0.3) is 5.57 Å². The molecule has 0 radical (unpaired) electrons. The number of carboxylic acids is 1. The molecule has 1 aromatic carbocycles. The average Bonchev–Trinajstić information content (AvgIpc) is 3.11. The van der Waals surface area contributed by atoms with Crippen LogP contribution in [0.4, 0.5) is 8.78 Å². The minimum Gasteiger partial charge on any atom is -0.477 e. The summed E-state index contributed by atoms with van der Waals surface area (Å²) in [6.07, 6.45) is 4.73. The smallest absolute Gasteiger partial charge is 0.347 e. The highest BCUT2D eigenvalue weighted by Gasteiger charge is 2.24. The second kappa shape index (κ2) is 8.23. The summed E-state index contributed by atoms with van der Waals surface area (Å²) in [4.78, 5) is 15.2. The van der Waals surface area contributed by atoms with E-state index in [-0.39, 0.29) is 16.4 Å².